The van der Waals surface area contributed by atoms with Crippen LogP contribution in [0.25, 0.3) is 0 Å². The first kappa shape index (κ1) is 11.0. The fourth-order valence-corrected chi connectivity index (χ4v) is 2.65. The maximum Gasteiger partial charge on any atom is 0.188 e. The maximum absolute atomic E-state index is 5.67. The average molecular weight is 230 g/mol. The van der Waals surface area contributed by atoms with Gasteiger partial charge in [0.1, 0.15) is 0 Å². The van der Waals surface area contributed by atoms with E-state index in [1.807, 2.05) is 0 Å². The fraction of sp³-hybridized carbons (Fsp3) is 0.467. The molecule has 2 heteroatoms. The van der Waals surface area contributed by atoms with Crippen molar-refractivity contribution in [3.63, 3.8) is 0 Å². The van der Waals surface area contributed by atoms with Crippen molar-refractivity contribution in [1.82, 2.24) is 0 Å². The van der Waals surface area contributed by atoms with Gasteiger partial charge in [0.25, 0.3) is 0 Å². The zero-order valence-corrected chi connectivity index (χ0v) is 9.97. The molecule has 90 valence electrons. The highest BCUT2D eigenvalue weighted by Gasteiger charge is 2.36. The Balaban J connectivity index is 1.64. The van der Waals surface area contributed by atoms with E-state index in [0.29, 0.717) is 5.92 Å². The van der Waals surface area contributed by atoms with E-state index in [4.69, 9.17) is 9.47 Å². The van der Waals surface area contributed by atoms with Crippen LogP contribution in [0, 0.1) is 5.92 Å². The Labute approximate surface area is 102 Å². The highest BCUT2D eigenvalue weighted by atomic mass is 16.7. The summed E-state index contributed by atoms with van der Waals surface area (Å²) in [5, 5.41) is 0. The van der Waals surface area contributed by atoms with Gasteiger partial charge in [-0.15, -0.1) is 0 Å². The lowest BCUT2D eigenvalue weighted by atomic mass is 9.87. The molecule has 3 rings (SSSR count). The molecule has 17 heavy (non-hydrogen) atoms. The third-order valence-electron chi connectivity index (χ3n) is 3.60. The van der Waals surface area contributed by atoms with Gasteiger partial charge in [0, 0.05) is 6.42 Å². The molecule has 1 spiro atoms. The van der Waals surface area contributed by atoms with Crippen molar-refractivity contribution in [2.45, 2.75) is 25.0 Å². The van der Waals surface area contributed by atoms with Gasteiger partial charge in [0.2, 0.25) is 0 Å². The number of ether oxygens (including phenoxy) is 2. The molecule has 1 saturated heterocycles. The molecule has 1 aliphatic carbocycles. The van der Waals surface area contributed by atoms with Gasteiger partial charge in [-0.1, -0.05) is 36.4 Å². The van der Waals surface area contributed by atoms with Crippen molar-refractivity contribution >= 4 is 0 Å². The monoisotopic (exact) mass is 230 g/mol. The first-order chi connectivity index (χ1) is 8.36. The van der Waals surface area contributed by atoms with Crippen LogP contribution in [0.15, 0.2) is 42.5 Å². The lowest BCUT2D eigenvalue weighted by Gasteiger charge is -2.30. The van der Waals surface area contributed by atoms with Gasteiger partial charge in [-0.05, 0) is 30.4 Å². The largest absolute Gasteiger partial charge is 0.344 e. The van der Waals surface area contributed by atoms with Gasteiger partial charge in [-0.3, -0.25) is 0 Å². The average Bonchev–Trinajstić information content (AvgIpc) is 2.83. The third kappa shape index (κ3) is 2.43. The number of allylic oxidation sites excluding steroid dienone is 1. The Morgan fingerprint density at radius 2 is 1.88 bits per heavy atom. The van der Waals surface area contributed by atoms with Gasteiger partial charge >= 0.3 is 0 Å². The highest BCUT2D eigenvalue weighted by Crippen LogP contribution is 2.34. The van der Waals surface area contributed by atoms with E-state index >= 15 is 0 Å². The summed E-state index contributed by atoms with van der Waals surface area (Å²) < 4.78 is 11.3. The number of benzene rings is 1. The molecule has 1 heterocycles. The van der Waals surface area contributed by atoms with Gasteiger partial charge in [0.05, 0.1) is 13.2 Å². The van der Waals surface area contributed by atoms with Gasteiger partial charge < -0.3 is 9.47 Å². The van der Waals surface area contributed by atoms with E-state index in [0.717, 1.165) is 32.5 Å². The number of rotatable bonds is 2. The Bertz CT molecular complexity index is 391. The summed E-state index contributed by atoms with van der Waals surface area (Å²) in [6.07, 6.45) is 7.64. The van der Waals surface area contributed by atoms with Crippen LogP contribution in [-0.2, 0) is 15.9 Å². The Kier molecular flexibility index (Phi) is 3.00. The highest BCUT2D eigenvalue weighted by molar-refractivity contribution is 5.17. The zero-order valence-electron chi connectivity index (χ0n) is 9.97. The van der Waals surface area contributed by atoms with Gasteiger partial charge in [0.15, 0.2) is 5.79 Å². The Morgan fingerprint density at radius 1 is 1.12 bits per heavy atom. The van der Waals surface area contributed by atoms with E-state index in [-0.39, 0.29) is 5.79 Å². The molecule has 0 N–H and O–H groups in total. The van der Waals surface area contributed by atoms with Crippen LogP contribution in [-0.4, -0.2) is 19.0 Å². The molecule has 1 aromatic carbocycles. The molecular formula is C15H18O2. The summed E-state index contributed by atoms with van der Waals surface area (Å²) >= 11 is 0. The lowest BCUT2D eigenvalue weighted by molar-refractivity contribution is -0.127. The first-order valence-corrected chi connectivity index (χ1v) is 6.38. The molecule has 1 atom stereocenters. The molecule has 2 aliphatic rings. The predicted molar refractivity (Wildman–Crippen MR) is 66.6 cm³/mol. The number of hydrogen-bond acceptors (Lipinski definition) is 2. The van der Waals surface area contributed by atoms with Gasteiger partial charge in [-0.25, -0.2) is 0 Å². The fourth-order valence-electron chi connectivity index (χ4n) is 2.65. The predicted octanol–water partition coefficient (Wildman–Crippen LogP) is 2.94. The number of hydrogen-bond donors (Lipinski definition) is 0. The normalized spacial score (nSPS) is 26.5. The zero-order chi connectivity index (χ0) is 11.6. The summed E-state index contributed by atoms with van der Waals surface area (Å²) in [7, 11) is 0. The second kappa shape index (κ2) is 4.63. The van der Waals surface area contributed by atoms with E-state index in [1.165, 1.54) is 5.56 Å². The summed E-state index contributed by atoms with van der Waals surface area (Å²) in [4.78, 5) is 0. The molecule has 0 radical (unpaired) electrons. The molecule has 1 unspecified atom stereocenters. The Hall–Kier alpha value is -1.12. The van der Waals surface area contributed by atoms with Crippen molar-refractivity contribution in [1.29, 1.82) is 0 Å². The van der Waals surface area contributed by atoms with E-state index in [1.54, 1.807) is 0 Å². The smallest absolute Gasteiger partial charge is 0.188 e. The van der Waals surface area contributed by atoms with Crippen LogP contribution in [0.2, 0.25) is 0 Å². The van der Waals surface area contributed by atoms with Crippen molar-refractivity contribution in [3.05, 3.63) is 48.0 Å². The molecule has 0 aromatic heterocycles. The van der Waals surface area contributed by atoms with Crippen molar-refractivity contribution in [2.75, 3.05) is 13.2 Å². The van der Waals surface area contributed by atoms with Crippen LogP contribution in [0.3, 0.4) is 0 Å². The summed E-state index contributed by atoms with van der Waals surface area (Å²) in [6, 6.07) is 10.7. The summed E-state index contributed by atoms with van der Waals surface area (Å²) in [6.45, 7) is 1.46. The summed E-state index contributed by atoms with van der Waals surface area (Å²) in [5.41, 5.74) is 1.41. The van der Waals surface area contributed by atoms with Crippen molar-refractivity contribution in [3.8, 4) is 0 Å². The van der Waals surface area contributed by atoms with Crippen LogP contribution in [0.5, 0.6) is 0 Å². The maximum atomic E-state index is 5.67. The molecule has 1 aromatic rings. The van der Waals surface area contributed by atoms with E-state index in [9.17, 15) is 0 Å². The molecule has 2 nitrogen and oxygen atoms in total. The molecule has 1 fully saturated rings. The minimum atomic E-state index is -0.382. The van der Waals surface area contributed by atoms with Crippen molar-refractivity contribution < 1.29 is 9.47 Å². The van der Waals surface area contributed by atoms with Crippen LogP contribution in [0.4, 0.5) is 0 Å². The Morgan fingerprint density at radius 3 is 2.53 bits per heavy atom. The molecule has 0 bridgehead atoms. The van der Waals surface area contributed by atoms with Crippen LogP contribution < -0.4 is 0 Å². The first-order valence-electron chi connectivity index (χ1n) is 6.38. The minimum absolute atomic E-state index is 0.382. The lowest BCUT2D eigenvalue weighted by Crippen LogP contribution is -2.31. The van der Waals surface area contributed by atoms with Crippen LogP contribution >= 0.6 is 0 Å². The van der Waals surface area contributed by atoms with Gasteiger partial charge in [-0.2, -0.15) is 0 Å². The second-order valence-corrected chi connectivity index (χ2v) is 4.86. The SMILES string of the molecule is C1=CC2(CCC1Cc1ccccc1)OCCO2. The topological polar surface area (TPSA) is 18.5 Å². The third-order valence-corrected chi connectivity index (χ3v) is 3.60. The van der Waals surface area contributed by atoms with Crippen molar-refractivity contribution in [2.24, 2.45) is 5.92 Å². The van der Waals surface area contributed by atoms with E-state index in [2.05, 4.69) is 42.5 Å². The standard InChI is InChI=1S/C15H18O2/c1-2-4-13(5-3-1)12-14-6-8-15(9-7-14)16-10-11-17-15/h1-6,8,14H,7,9-12H2. The molecule has 0 saturated carbocycles. The van der Waals surface area contributed by atoms with E-state index < -0.39 is 0 Å². The van der Waals surface area contributed by atoms with Crippen LogP contribution in [0.1, 0.15) is 18.4 Å². The summed E-state index contributed by atoms with van der Waals surface area (Å²) in [5.74, 6) is 0.239. The molecule has 0 amide bonds. The molecular weight excluding hydrogens is 212 g/mol. The molecule has 1 aliphatic heterocycles. The minimum Gasteiger partial charge on any atom is -0.344 e. The quantitative estimate of drug-likeness (QED) is 0.727. The second-order valence-electron chi connectivity index (χ2n) is 4.86.